The van der Waals surface area contributed by atoms with E-state index in [-0.39, 0.29) is 11.3 Å². The second kappa shape index (κ2) is 9.61. The predicted octanol–water partition coefficient (Wildman–Crippen LogP) is 4.47. The smallest absolute Gasteiger partial charge is 0.300 e. The van der Waals surface area contributed by atoms with Crippen LogP contribution in [0.5, 0.6) is 11.5 Å². The van der Waals surface area contributed by atoms with Crippen molar-refractivity contribution in [2.45, 2.75) is 25.3 Å². The highest BCUT2D eigenvalue weighted by atomic mass is 16.6. The number of carbonyl (C=O) groups excluding carboxylic acids is 2. The Morgan fingerprint density at radius 2 is 1.51 bits per heavy atom. The van der Waals surface area contributed by atoms with Crippen molar-refractivity contribution < 1.29 is 24.2 Å². The van der Waals surface area contributed by atoms with E-state index >= 15 is 0 Å². The molecule has 6 rings (SSSR count). The topological polar surface area (TPSA) is 92.2 Å². The molecule has 3 aliphatic heterocycles. The molecular formula is C29H27N3O5. The summed E-state index contributed by atoms with van der Waals surface area (Å²) >= 11 is 0. The van der Waals surface area contributed by atoms with Gasteiger partial charge in [0.15, 0.2) is 11.5 Å². The number of carbonyl (C=O) groups is 2. The summed E-state index contributed by atoms with van der Waals surface area (Å²) in [6.07, 6.45) is 6.79. The van der Waals surface area contributed by atoms with E-state index in [2.05, 4.69) is 9.88 Å². The first-order valence-corrected chi connectivity index (χ1v) is 12.6. The molecule has 3 aliphatic rings. The molecule has 4 heterocycles. The van der Waals surface area contributed by atoms with Gasteiger partial charge >= 0.3 is 0 Å². The molecule has 1 unspecified atom stereocenters. The van der Waals surface area contributed by atoms with Crippen molar-refractivity contribution in [2.24, 2.45) is 0 Å². The van der Waals surface area contributed by atoms with Gasteiger partial charge in [-0.2, -0.15) is 0 Å². The molecule has 8 nitrogen and oxygen atoms in total. The Morgan fingerprint density at radius 1 is 0.838 bits per heavy atom. The van der Waals surface area contributed by atoms with Crippen molar-refractivity contribution >= 4 is 28.8 Å². The van der Waals surface area contributed by atoms with Crippen LogP contribution in [0.3, 0.4) is 0 Å². The van der Waals surface area contributed by atoms with Crippen molar-refractivity contribution in [1.29, 1.82) is 0 Å². The molecule has 2 saturated heterocycles. The van der Waals surface area contributed by atoms with Crippen molar-refractivity contribution in [1.82, 2.24) is 4.98 Å². The van der Waals surface area contributed by atoms with E-state index in [9.17, 15) is 14.7 Å². The largest absolute Gasteiger partial charge is 0.507 e. The monoisotopic (exact) mass is 497 g/mol. The molecule has 2 fully saturated rings. The summed E-state index contributed by atoms with van der Waals surface area (Å²) in [5, 5.41) is 11.4. The first-order valence-electron chi connectivity index (χ1n) is 12.6. The van der Waals surface area contributed by atoms with Crippen LogP contribution in [-0.2, 0) is 9.59 Å². The number of amides is 1. The van der Waals surface area contributed by atoms with Crippen molar-refractivity contribution in [3.63, 3.8) is 0 Å². The Hall–Kier alpha value is -4.33. The maximum absolute atomic E-state index is 13.4. The zero-order chi connectivity index (χ0) is 25.4. The summed E-state index contributed by atoms with van der Waals surface area (Å²) in [6, 6.07) is 15.4. The highest BCUT2D eigenvalue weighted by Crippen LogP contribution is 2.43. The highest BCUT2D eigenvalue weighted by Gasteiger charge is 2.47. The number of fused-ring (bicyclic) bond motifs is 1. The number of nitrogens with zero attached hydrogens (tertiary/aromatic N) is 3. The van der Waals surface area contributed by atoms with E-state index in [0.29, 0.717) is 41.5 Å². The first kappa shape index (κ1) is 23.1. The summed E-state index contributed by atoms with van der Waals surface area (Å²) in [4.78, 5) is 34.7. The average Bonchev–Trinajstić information content (AvgIpc) is 3.23. The number of pyridine rings is 1. The standard InChI is InChI=1S/C29H27N3O5/c33-27(20-4-9-23-24(18-20)37-17-16-36-23)25-26(19-10-12-30-13-11-19)32(29(35)28(25)34)22-7-5-21(6-8-22)31-14-2-1-3-15-31/h4-13,18,26,33H,1-3,14-17H2/b27-25-. The van der Waals surface area contributed by atoms with Crippen LogP contribution in [0.15, 0.2) is 72.6 Å². The van der Waals surface area contributed by atoms with Gasteiger partial charge in [-0.1, -0.05) is 0 Å². The number of ketones is 1. The van der Waals surface area contributed by atoms with Crippen LogP contribution in [0.1, 0.15) is 36.4 Å². The van der Waals surface area contributed by atoms with E-state index < -0.39 is 17.7 Å². The molecule has 188 valence electrons. The average molecular weight is 498 g/mol. The molecule has 0 spiro atoms. The summed E-state index contributed by atoms with van der Waals surface area (Å²) < 4.78 is 11.2. The van der Waals surface area contributed by atoms with Gasteiger partial charge in [-0.25, -0.2) is 0 Å². The molecule has 1 N–H and O–H groups in total. The molecule has 1 atom stereocenters. The Morgan fingerprint density at radius 3 is 2.24 bits per heavy atom. The number of piperidine rings is 1. The van der Waals surface area contributed by atoms with Gasteiger partial charge < -0.3 is 19.5 Å². The second-order valence-electron chi connectivity index (χ2n) is 9.37. The minimum absolute atomic E-state index is 0.0213. The van der Waals surface area contributed by atoms with Gasteiger partial charge in [0.1, 0.15) is 19.0 Å². The van der Waals surface area contributed by atoms with Crippen molar-refractivity contribution in [2.75, 3.05) is 36.1 Å². The summed E-state index contributed by atoms with van der Waals surface area (Å²) in [6.45, 7) is 2.86. The minimum atomic E-state index is -0.808. The van der Waals surface area contributed by atoms with Gasteiger partial charge in [-0.15, -0.1) is 0 Å². The van der Waals surface area contributed by atoms with E-state index in [1.165, 1.54) is 11.3 Å². The normalized spacial score (nSPS) is 20.8. The number of ether oxygens (including phenoxy) is 2. The van der Waals surface area contributed by atoms with Crippen LogP contribution in [0.4, 0.5) is 11.4 Å². The van der Waals surface area contributed by atoms with Gasteiger partial charge in [-0.3, -0.25) is 19.5 Å². The summed E-state index contributed by atoms with van der Waals surface area (Å²) in [7, 11) is 0. The number of anilines is 2. The van der Waals surface area contributed by atoms with Gasteiger partial charge in [0.2, 0.25) is 0 Å². The number of aliphatic hydroxyl groups excluding tert-OH is 1. The predicted molar refractivity (Wildman–Crippen MR) is 139 cm³/mol. The molecule has 37 heavy (non-hydrogen) atoms. The lowest BCUT2D eigenvalue weighted by atomic mass is 9.95. The van der Waals surface area contributed by atoms with Crippen molar-refractivity contribution in [3.8, 4) is 11.5 Å². The fraction of sp³-hybridized carbons (Fsp3) is 0.276. The lowest BCUT2D eigenvalue weighted by Gasteiger charge is -2.30. The molecule has 1 aromatic heterocycles. The number of aromatic nitrogens is 1. The third-order valence-electron chi connectivity index (χ3n) is 7.13. The Balaban J connectivity index is 1.43. The highest BCUT2D eigenvalue weighted by molar-refractivity contribution is 6.51. The number of rotatable bonds is 4. The molecule has 0 bridgehead atoms. The molecule has 3 aromatic rings. The second-order valence-corrected chi connectivity index (χ2v) is 9.37. The maximum atomic E-state index is 13.4. The quantitative estimate of drug-likeness (QED) is 0.323. The lowest BCUT2D eigenvalue weighted by Crippen LogP contribution is -2.30. The SMILES string of the molecule is O=C1C(=O)N(c2ccc(N3CCCCC3)cc2)C(c2ccncc2)/C1=C(/O)c1ccc2c(c1)OCCO2. The Kier molecular flexibility index (Phi) is 6.00. The van der Waals surface area contributed by atoms with Gasteiger partial charge in [0.25, 0.3) is 11.7 Å². The third kappa shape index (κ3) is 4.18. The third-order valence-corrected chi connectivity index (χ3v) is 7.13. The zero-order valence-electron chi connectivity index (χ0n) is 20.3. The summed E-state index contributed by atoms with van der Waals surface area (Å²) in [5.41, 5.74) is 2.76. The maximum Gasteiger partial charge on any atom is 0.300 e. The Bertz CT molecular complexity index is 1360. The molecular weight excluding hydrogens is 470 g/mol. The minimum Gasteiger partial charge on any atom is -0.507 e. The molecule has 0 saturated carbocycles. The lowest BCUT2D eigenvalue weighted by molar-refractivity contribution is -0.132. The fourth-order valence-corrected chi connectivity index (χ4v) is 5.28. The van der Waals surface area contributed by atoms with Crippen LogP contribution in [0, 0.1) is 0 Å². The van der Waals surface area contributed by atoms with Crippen LogP contribution in [0.25, 0.3) is 5.76 Å². The van der Waals surface area contributed by atoms with Crippen LogP contribution in [-0.4, -0.2) is 48.1 Å². The van der Waals surface area contributed by atoms with Crippen molar-refractivity contribution in [3.05, 3.63) is 83.7 Å². The molecule has 2 aromatic carbocycles. The number of hydrogen-bond donors (Lipinski definition) is 1. The van der Waals surface area contributed by atoms with E-state index in [1.807, 2.05) is 24.3 Å². The fourth-order valence-electron chi connectivity index (χ4n) is 5.28. The van der Waals surface area contributed by atoms with E-state index in [4.69, 9.17) is 9.47 Å². The van der Waals surface area contributed by atoms with E-state index in [0.717, 1.165) is 31.6 Å². The summed E-state index contributed by atoms with van der Waals surface area (Å²) in [5.74, 6) is -0.633. The molecule has 1 amide bonds. The van der Waals surface area contributed by atoms with Gasteiger partial charge in [0.05, 0.1) is 11.6 Å². The van der Waals surface area contributed by atoms with Gasteiger partial charge in [-0.05, 0) is 79.4 Å². The van der Waals surface area contributed by atoms with Crippen LogP contribution < -0.4 is 19.3 Å². The number of aliphatic hydroxyl groups is 1. The van der Waals surface area contributed by atoms with E-state index in [1.54, 1.807) is 42.7 Å². The number of hydrogen-bond acceptors (Lipinski definition) is 7. The number of Topliss-reactive ketones (excluding diaryl/α,β-unsaturated/α-hetero) is 1. The Labute approximate surface area is 214 Å². The molecule has 8 heteroatoms. The van der Waals surface area contributed by atoms with Gasteiger partial charge in [0, 0.05) is 42.4 Å². The first-order chi connectivity index (χ1) is 18.1. The van der Waals surface area contributed by atoms with Crippen LogP contribution >= 0.6 is 0 Å². The number of benzene rings is 2. The zero-order valence-corrected chi connectivity index (χ0v) is 20.3. The van der Waals surface area contributed by atoms with Crippen LogP contribution in [0.2, 0.25) is 0 Å². The molecule has 0 aliphatic carbocycles. The molecule has 0 radical (unpaired) electrons.